The predicted molar refractivity (Wildman–Crippen MR) is 122 cm³/mol. The summed E-state index contributed by atoms with van der Waals surface area (Å²) in [5, 5.41) is 7.89. The molecule has 1 saturated heterocycles. The van der Waals surface area contributed by atoms with E-state index in [2.05, 4.69) is 15.8 Å². The van der Waals surface area contributed by atoms with Gasteiger partial charge < -0.3 is 5.32 Å². The molecule has 0 spiro atoms. The number of aromatic nitrogens is 2. The number of nitrogens with zero attached hydrogens (tertiary/aromatic N) is 4. The highest BCUT2D eigenvalue weighted by molar-refractivity contribution is 6.08. The van der Waals surface area contributed by atoms with Crippen LogP contribution in [0.3, 0.4) is 0 Å². The lowest BCUT2D eigenvalue weighted by Gasteiger charge is -2.25. The number of nitrogens with one attached hydrogen (secondary N) is 2. The second kappa shape index (κ2) is 9.25. The number of carbonyl (C=O) groups is 3. The molecule has 9 nitrogen and oxygen atoms in total. The molecule has 2 N–H and O–H groups in total. The molecule has 0 bridgehead atoms. The van der Waals surface area contributed by atoms with E-state index in [-0.39, 0.29) is 6.54 Å². The number of likely N-dealkylation sites (N-methyl/N-ethyl adjacent to an activating group) is 1. The van der Waals surface area contributed by atoms with E-state index in [1.54, 1.807) is 35.0 Å². The minimum absolute atomic E-state index is 0.00195. The number of urea groups is 1. The SMILES string of the molecule is CC[C@@]1(c2ccccc2)NC(=O)N(NC(=O)CN(C)Cc2cnn(-c3ccccc3)c2)C1=O. The zero-order chi connectivity index (χ0) is 23.4. The Bertz CT molecular complexity index is 1150. The number of hydrogen-bond acceptors (Lipinski definition) is 5. The molecule has 4 amide bonds. The molecule has 1 aromatic heterocycles. The molecule has 170 valence electrons. The van der Waals surface area contributed by atoms with Gasteiger partial charge in [0.25, 0.3) is 11.8 Å². The highest BCUT2D eigenvalue weighted by atomic mass is 16.2. The van der Waals surface area contributed by atoms with Gasteiger partial charge in [-0.2, -0.15) is 10.1 Å². The van der Waals surface area contributed by atoms with Crippen LogP contribution in [0.25, 0.3) is 5.69 Å². The lowest BCUT2D eigenvalue weighted by Crippen LogP contribution is -2.50. The first kappa shape index (κ1) is 22.2. The zero-order valence-corrected chi connectivity index (χ0v) is 18.6. The summed E-state index contributed by atoms with van der Waals surface area (Å²) in [6.07, 6.45) is 4.00. The molecule has 1 atom stereocenters. The second-order valence-corrected chi connectivity index (χ2v) is 8.03. The van der Waals surface area contributed by atoms with Gasteiger partial charge in [-0.05, 0) is 31.2 Å². The van der Waals surface area contributed by atoms with E-state index in [1.165, 1.54) is 0 Å². The van der Waals surface area contributed by atoms with E-state index >= 15 is 0 Å². The van der Waals surface area contributed by atoms with Crippen molar-refractivity contribution >= 4 is 17.8 Å². The lowest BCUT2D eigenvalue weighted by atomic mass is 9.87. The minimum atomic E-state index is -1.19. The van der Waals surface area contributed by atoms with Crippen molar-refractivity contribution in [3.05, 3.63) is 84.2 Å². The van der Waals surface area contributed by atoms with Crippen LogP contribution in [0.4, 0.5) is 4.79 Å². The Balaban J connectivity index is 1.37. The molecule has 9 heteroatoms. The number of para-hydroxylation sites is 1. The standard InChI is InChI=1S/C24H26N6O3/c1-3-24(19-10-6-4-7-11-19)22(32)30(23(33)26-24)27-21(31)17-28(2)15-18-14-25-29(16-18)20-12-8-5-9-13-20/h4-14,16H,3,15,17H2,1-2H3,(H,26,33)(H,27,31)/t24-/m0/s1. The highest BCUT2D eigenvalue weighted by Gasteiger charge is 2.52. The number of amides is 4. The van der Waals surface area contributed by atoms with Crippen molar-refractivity contribution in [3.8, 4) is 5.69 Å². The molecule has 2 heterocycles. The third-order valence-corrected chi connectivity index (χ3v) is 5.65. The van der Waals surface area contributed by atoms with Crippen molar-refractivity contribution in [1.29, 1.82) is 0 Å². The van der Waals surface area contributed by atoms with E-state index < -0.39 is 23.4 Å². The average Bonchev–Trinajstić information content (AvgIpc) is 3.38. The number of rotatable bonds is 8. The van der Waals surface area contributed by atoms with Gasteiger partial charge in [-0.15, -0.1) is 0 Å². The van der Waals surface area contributed by atoms with Gasteiger partial charge in [-0.25, -0.2) is 9.48 Å². The van der Waals surface area contributed by atoms with Gasteiger partial charge in [-0.1, -0.05) is 55.5 Å². The van der Waals surface area contributed by atoms with Crippen LogP contribution in [-0.2, 0) is 21.7 Å². The van der Waals surface area contributed by atoms with Gasteiger partial charge in [0.15, 0.2) is 0 Å². The van der Waals surface area contributed by atoms with Gasteiger partial charge in [0, 0.05) is 18.3 Å². The van der Waals surface area contributed by atoms with Gasteiger partial charge in [0.05, 0.1) is 18.4 Å². The molecule has 0 unspecified atom stereocenters. The third kappa shape index (κ3) is 4.49. The Hall–Kier alpha value is -3.98. The number of carbonyl (C=O) groups excluding carboxylic acids is 3. The summed E-state index contributed by atoms with van der Waals surface area (Å²) in [7, 11) is 1.78. The summed E-state index contributed by atoms with van der Waals surface area (Å²) in [4.78, 5) is 40.0. The van der Waals surface area contributed by atoms with E-state index in [0.29, 0.717) is 18.5 Å². The predicted octanol–water partition coefficient (Wildman–Crippen LogP) is 2.19. The summed E-state index contributed by atoms with van der Waals surface area (Å²) in [5.41, 5.74) is 3.81. The van der Waals surface area contributed by atoms with Crippen molar-refractivity contribution in [2.45, 2.75) is 25.4 Å². The highest BCUT2D eigenvalue weighted by Crippen LogP contribution is 2.31. The van der Waals surface area contributed by atoms with Crippen molar-refractivity contribution in [1.82, 2.24) is 30.4 Å². The molecule has 0 radical (unpaired) electrons. The quantitative estimate of drug-likeness (QED) is 0.517. The van der Waals surface area contributed by atoms with Crippen molar-refractivity contribution < 1.29 is 14.4 Å². The molecule has 3 aromatic rings. The van der Waals surface area contributed by atoms with E-state index in [0.717, 1.165) is 16.3 Å². The first-order chi connectivity index (χ1) is 15.9. The zero-order valence-electron chi connectivity index (χ0n) is 18.6. The first-order valence-electron chi connectivity index (χ1n) is 10.7. The Labute approximate surface area is 192 Å². The van der Waals surface area contributed by atoms with Crippen LogP contribution in [0.2, 0.25) is 0 Å². The maximum Gasteiger partial charge on any atom is 0.344 e. The second-order valence-electron chi connectivity index (χ2n) is 8.03. The molecule has 2 aromatic carbocycles. The van der Waals surface area contributed by atoms with Crippen LogP contribution in [0.1, 0.15) is 24.5 Å². The molecule has 4 rings (SSSR count). The summed E-state index contributed by atoms with van der Waals surface area (Å²) in [6.45, 7) is 2.29. The fraction of sp³-hybridized carbons (Fsp3) is 0.250. The van der Waals surface area contributed by atoms with Crippen LogP contribution >= 0.6 is 0 Å². The Morgan fingerprint density at radius 1 is 1.09 bits per heavy atom. The van der Waals surface area contributed by atoms with Gasteiger partial charge in [0.1, 0.15) is 5.54 Å². The number of imide groups is 1. The molecule has 1 aliphatic rings. The fourth-order valence-electron chi connectivity index (χ4n) is 3.98. The van der Waals surface area contributed by atoms with Crippen LogP contribution in [0.5, 0.6) is 0 Å². The summed E-state index contributed by atoms with van der Waals surface area (Å²) < 4.78 is 1.77. The Morgan fingerprint density at radius 2 is 1.76 bits per heavy atom. The summed E-state index contributed by atoms with van der Waals surface area (Å²) >= 11 is 0. The van der Waals surface area contributed by atoms with Gasteiger partial charge >= 0.3 is 6.03 Å². The number of benzene rings is 2. The average molecular weight is 447 g/mol. The van der Waals surface area contributed by atoms with Crippen LogP contribution in [0.15, 0.2) is 73.1 Å². The largest absolute Gasteiger partial charge is 0.344 e. The van der Waals surface area contributed by atoms with Crippen LogP contribution in [0, 0.1) is 0 Å². The normalized spacial score (nSPS) is 18.0. The summed E-state index contributed by atoms with van der Waals surface area (Å²) in [6, 6.07) is 18.1. The monoisotopic (exact) mass is 446 g/mol. The van der Waals surface area contributed by atoms with Gasteiger partial charge in [0.2, 0.25) is 0 Å². The maximum atomic E-state index is 13.1. The fourth-order valence-corrected chi connectivity index (χ4v) is 3.98. The van der Waals surface area contributed by atoms with E-state index in [4.69, 9.17) is 0 Å². The smallest absolute Gasteiger partial charge is 0.318 e. The molecule has 33 heavy (non-hydrogen) atoms. The topological polar surface area (TPSA) is 99.6 Å². The van der Waals surface area contributed by atoms with E-state index in [9.17, 15) is 14.4 Å². The van der Waals surface area contributed by atoms with Crippen LogP contribution in [-0.4, -0.2) is 51.1 Å². The molecule has 1 aliphatic heterocycles. The maximum absolute atomic E-state index is 13.1. The van der Waals surface area contributed by atoms with Gasteiger partial charge in [-0.3, -0.25) is 19.9 Å². The molecule has 0 saturated carbocycles. The van der Waals surface area contributed by atoms with Crippen molar-refractivity contribution in [3.63, 3.8) is 0 Å². The summed E-state index contributed by atoms with van der Waals surface area (Å²) in [5.74, 6) is -0.960. The van der Waals surface area contributed by atoms with Crippen molar-refractivity contribution in [2.75, 3.05) is 13.6 Å². The lowest BCUT2D eigenvalue weighted by molar-refractivity contribution is -0.139. The Morgan fingerprint density at radius 3 is 2.42 bits per heavy atom. The molecular formula is C24H26N6O3. The molecule has 0 aliphatic carbocycles. The Kier molecular flexibility index (Phi) is 6.23. The van der Waals surface area contributed by atoms with E-state index in [1.807, 2.05) is 61.7 Å². The minimum Gasteiger partial charge on any atom is -0.318 e. The number of hydrazine groups is 1. The number of hydrogen-bond donors (Lipinski definition) is 2. The van der Waals surface area contributed by atoms with Crippen LogP contribution < -0.4 is 10.7 Å². The molecule has 1 fully saturated rings. The van der Waals surface area contributed by atoms with Crippen molar-refractivity contribution in [2.24, 2.45) is 0 Å². The first-order valence-corrected chi connectivity index (χ1v) is 10.7. The third-order valence-electron chi connectivity index (χ3n) is 5.65. The molecular weight excluding hydrogens is 420 g/mol.